The summed E-state index contributed by atoms with van der Waals surface area (Å²) in [6, 6.07) is 5.33. The maximum Gasteiger partial charge on any atom is 0.407 e. The Bertz CT molecular complexity index is 432. The van der Waals surface area contributed by atoms with Crippen molar-refractivity contribution < 1.29 is 14.6 Å². The first kappa shape index (κ1) is 15.9. The molecule has 6 heteroatoms. The Morgan fingerprint density at radius 3 is 2.79 bits per heavy atom. The van der Waals surface area contributed by atoms with Crippen LogP contribution in [0.2, 0.25) is 0 Å². The Hall–Kier alpha value is -1.14. The number of hydrogen-bond acceptors (Lipinski definition) is 4. The van der Waals surface area contributed by atoms with Crippen molar-refractivity contribution in [1.29, 1.82) is 0 Å². The van der Waals surface area contributed by atoms with Crippen LogP contribution >= 0.6 is 15.9 Å². The van der Waals surface area contributed by atoms with Gasteiger partial charge < -0.3 is 15.2 Å². The van der Waals surface area contributed by atoms with Crippen LogP contribution in [0.1, 0.15) is 39.0 Å². The highest BCUT2D eigenvalue weighted by Gasteiger charge is 2.16. The predicted molar refractivity (Wildman–Crippen MR) is 75.8 cm³/mol. The molecule has 1 aromatic rings. The van der Waals surface area contributed by atoms with Gasteiger partial charge in [0.05, 0.1) is 11.8 Å². The molecule has 5 nitrogen and oxygen atoms in total. The monoisotopic (exact) mass is 330 g/mol. The molecule has 1 aromatic heterocycles. The largest absolute Gasteiger partial charge is 0.444 e. The Morgan fingerprint density at radius 2 is 2.21 bits per heavy atom. The molecular weight excluding hydrogens is 312 g/mol. The predicted octanol–water partition coefficient (Wildman–Crippen LogP) is 2.79. The number of aliphatic hydroxyl groups is 1. The number of nitrogens with zero attached hydrogens (tertiary/aromatic N) is 1. The normalized spacial score (nSPS) is 12.9. The second kappa shape index (κ2) is 6.86. The number of carbonyl (C=O) groups excluding carboxylic acids is 1. The third-order valence-electron chi connectivity index (χ3n) is 2.16. The molecule has 0 aliphatic rings. The minimum Gasteiger partial charge on any atom is -0.444 e. The van der Waals surface area contributed by atoms with Crippen LogP contribution in [-0.4, -0.2) is 28.3 Å². The number of halogens is 1. The van der Waals surface area contributed by atoms with Crippen LogP contribution < -0.4 is 5.32 Å². The molecule has 1 heterocycles. The summed E-state index contributed by atoms with van der Waals surface area (Å²) in [5.41, 5.74) is 0.0505. The van der Waals surface area contributed by atoms with Crippen molar-refractivity contribution in [1.82, 2.24) is 10.3 Å². The second-order valence-corrected chi connectivity index (χ2v) is 5.93. The fourth-order valence-corrected chi connectivity index (χ4v) is 1.74. The number of alkyl carbamates (subject to hydrolysis) is 1. The van der Waals surface area contributed by atoms with Crippen LogP contribution in [0.4, 0.5) is 4.79 Å². The maximum atomic E-state index is 11.4. The van der Waals surface area contributed by atoms with Crippen LogP contribution in [0.3, 0.4) is 0 Å². The van der Waals surface area contributed by atoms with E-state index in [4.69, 9.17) is 4.74 Å². The average Bonchev–Trinajstić information content (AvgIpc) is 2.26. The van der Waals surface area contributed by atoms with E-state index in [0.29, 0.717) is 23.3 Å². The molecule has 0 spiro atoms. The van der Waals surface area contributed by atoms with Gasteiger partial charge in [0, 0.05) is 6.54 Å². The third kappa shape index (κ3) is 6.54. The van der Waals surface area contributed by atoms with E-state index in [-0.39, 0.29) is 0 Å². The van der Waals surface area contributed by atoms with Crippen molar-refractivity contribution in [3.63, 3.8) is 0 Å². The molecule has 106 valence electrons. The number of carbonyl (C=O) groups is 1. The number of ether oxygens (including phenoxy) is 1. The quantitative estimate of drug-likeness (QED) is 0.832. The molecule has 0 saturated heterocycles. The van der Waals surface area contributed by atoms with Crippen molar-refractivity contribution >= 4 is 22.0 Å². The van der Waals surface area contributed by atoms with Gasteiger partial charge in [0.25, 0.3) is 0 Å². The minimum atomic E-state index is -0.715. The molecule has 0 radical (unpaired) electrons. The van der Waals surface area contributed by atoms with E-state index < -0.39 is 17.8 Å². The summed E-state index contributed by atoms with van der Waals surface area (Å²) in [5, 5.41) is 12.5. The summed E-state index contributed by atoms with van der Waals surface area (Å²) in [6.45, 7) is 5.72. The number of rotatable bonds is 4. The Balaban J connectivity index is 2.35. The zero-order valence-electron chi connectivity index (χ0n) is 11.3. The summed E-state index contributed by atoms with van der Waals surface area (Å²) in [6.07, 6.45) is -0.822. The summed E-state index contributed by atoms with van der Waals surface area (Å²) < 4.78 is 5.76. The van der Waals surface area contributed by atoms with E-state index in [9.17, 15) is 9.90 Å². The fraction of sp³-hybridized carbons (Fsp3) is 0.538. The highest BCUT2D eigenvalue weighted by Crippen LogP contribution is 2.16. The zero-order valence-corrected chi connectivity index (χ0v) is 12.9. The molecule has 19 heavy (non-hydrogen) atoms. The lowest BCUT2D eigenvalue weighted by atomic mass is 10.1. The SMILES string of the molecule is CC(C)(C)OC(=O)NCC[C@H](O)c1cccc(Br)n1. The summed E-state index contributed by atoms with van der Waals surface area (Å²) >= 11 is 3.24. The molecular formula is C13H19BrN2O3. The van der Waals surface area contributed by atoms with Gasteiger partial charge >= 0.3 is 6.09 Å². The lowest BCUT2D eigenvalue weighted by molar-refractivity contribution is 0.0518. The van der Waals surface area contributed by atoms with Crippen molar-refractivity contribution in [2.75, 3.05) is 6.54 Å². The van der Waals surface area contributed by atoms with E-state index in [1.807, 2.05) is 0 Å². The molecule has 0 aliphatic heterocycles. The van der Waals surface area contributed by atoms with Crippen molar-refractivity contribution in [2.24, 2.45) is 0 Å². The lowest BCUT2D eigenvalue weighted by Gasteiger charge is -2.20. The topological polar surface area (TPSA) is 71.5 Å². The van der Waals surface area contributed by atoms with Gasteiger partial charge in [-0.3, -0.25) is 0 Å². The molecule has 1 rings (SSSR count). The zero-order chi connectivity index (χ0) is 14.5. The Morgan fingerprint density at radius 1 is 1.53 bits per heavy atom. The number of aliphatic hydroxyl groups excluding tert-OH is 1. The molecule has 1 amide bonds. The van der Waals surface area contributed by atoms with Gasteiger partial charge in [0.15, 0.2) is 0 Å². The van der Waals surface area contributed by atoms with E-state index in [1.165, 1.54) is 0 Å². The smallest absolute Gasteiger partial charge is 0.407 e. The van der Waals surface area contributed by atoms with E-state index in [2.05, 4.69) is 26.2 Å². The first-order valence-corrected chi connectivity index (χ1v) is 6.84. The number of pyridine rings is 1. The highest BCUT2D eigenvalue weighted by atomic mass is 79.9. The number of amides is 1. The first-order chi connectivity index (χ1) is 8.78. The third-order valence-corrected chi connectivity index (χ3v) is 2.61. The van der Waals surface area contributed by atoms with Crippen molar-refractivity contribution in [2.45, 2.75) is 38.9 Å². The molecule has 0 aliphatic carbocycles. The van der Waals surface area contributed by atoms with E-state index >= 15 is 0 Å². The van der Waals surface area contributed by atoms with Gasteiger partial charge in [-0.05, 0) is 55.3 Å². The Labute approximate surface area is 121 Å². The van der Waals surface area contributed by atoms with Gasteiger partial charge in [-0.15, -0.1) is 0 Å². The molecule has 1 atom stereocenters. The molecule has 0 bridgehead atoms. The van der Waals surface area contributed by atoms with Crippen molar-refractivity contribution in [3.8, 4) is 0 Å². The second-order valence-electron chi connectivity index (χ2n) is 5.12. The van der Waals surface area contributed by atoms with Gasteiger partial charge in [-0.25, -0.2) is 9.78 Å². The van der Waals surface area contributed by atoms with E-state index in [1.54, 1.807) is 39.0 Å². The highest BCUT2D eigenvalue weighted by molar-refractivity contribution is 9.10. The van der Waals surface area contributed by atoms with E-state index in [0.717, 1.165) is 0 Å². The Kier molecular flexibility index (Phi) is 5.75. The summed E-state index contributed by atoms with van der Waals surface area (Å²) in [5.74, 6) is 0. The van der Waals surface area contributed by atoms with Crippen LogP contribution in [0.25, 0.3) is 0 Å². The van der Waals surface area contributed by atoms with Gasteiger partial charge in [0.1, 0.15) is 10.2 Å². The van der Waals surface area contributed by atoms with Gasteiger partial charge in [0.2, 0.25) is 0 Å². The standard InChI is InChI=1S/C13H19BrN2O3/c1-13(2,3)19-12(18)15-8-7-10(17)9-5-4-6-11(14)16-9/h4-6,10,17H,7-8H2,1-3H3,(H,15,18)/t10-/m0/s1. The lowest BCUT2D eigenvalue weighted by Crippen LogP contribution is -2.33. The number of hydrogen-bond donors (Lipinski definition) is 2. The summed E-state index contributed by atoms with van der Waals surface area (Å²) in [7, 11) is 0. The molecule has 0 aromatic carbocycles. The van der Waals surface area contributed by atoms with Crippen LogP contribution in [-0.2, 0) is 4.74 Å². The molecule has 0 unspecified atom stereocenters. The molecule has 0 fully saturated rings. The molecule has 0 saturated carbocycles. The molecule has 2 N–H and O–H groups in total. The fourth-order valence-electron chi connectivity index (χ4n) is 1.38. The van der Waals surface area contributed by atoms with Gasteiger partial charge in [-0.1, -0.05) is 6.07 Å². The average molecular weight is 331 g/mol. The first-order valence-electron chi connectivity index (χ1n) is 6.05. The van der Waals surface area contributed by atoms with Crippen LogP contribution in [0, 0.1) is 0 Å². The summed E-state index contributed by atoms with van der Waals surface area (Å²) in [4.78, 5) is 15.5. The number of aromatic nitrogens is 1. The van der Waals surface area contributed by atoms with Crippen LogP contribution in [0.15, 0.2) is 22.8 Å². The van der Waals surface area contributed by atoms with Crippen LogP contribution in [0.5, 0.6) is 0 Å². The van der Waals surface area contributed by atoms with Crippen molar-refractivity contribution in [3.05, 3.63) is 28.5 Å². The number of nitrogens with one attached hydrogen (secondary N) is 1. The minimum absolute atomic E-state index is 0.324. The van der Waals surface area contributed by atoms with Gasteiger partial charge in [-0.2, -0.15) is 0 Å². The maximum absolute atomic E-state index is 11.4.